The highest BCUT2D eigenvalue weighted by atomic mass is 16.1. The molecule has 0 spiro atoms. The van der Waals surface area contributed by atoms with Gasteiger partial charge in [-0.2, -0.15) is 0 Å². The molecule has 4 heteroatoms. The Bertz CT molecular complexity index is 577. The molecule has 0 radical (unpaired) electrons. The molecule has 1 amide bonds. The van der Waals surface area contributed by atoms with E-state index < -0.39 is 0 Å². The summed E-state index contributed by atoms with van der Waals surface area (Å²) in [5, 5.41) is 6.35. The standard InChI is InChI=1S/C16H19N3O/c20-16(17-7-10-19-8-3-4-9-19)14-11-13-5-1-2-6-15(13)18-12-14/h1-6,8-9,14,18H,7,10-12H2,(H,17,20). The number of carbonyl (C=O) groups excluding carboxylic acids is 1. The molecule has 1 aromatic carbocycles. The Morgan fingerprint density at radius 2 is 2.05 bits per heavy atom. The molecule has 3 rings (SSSR count). The summed E-state index contributed by atoms with van der Waals surface area (Å²) in [4.78, 5) is 12.2. The third-order valence-corrected chi connectivity index (χ3v) is 3.73. The summed E-state index contributed by atoms with van der Waals surface area (Å²) in [6.45, 7) is 2.20. The Hall–Kier alpha value is -2.23. The van der Waals surface area contributed by atoms with E-state index in [1.807, 2.05) is 36.7 Å². The fourth-order valence-electron chi connectivity index (χ4n) is 2.60. The number of carbonyl (C=O) groups is 1. The highest BCUT2D eigenvalue weighted by Crippen LogP contribution is 2.24. The number of para-hydroxylation sites is 1. The van der Waals surface area contributed by atoms with Crippen LogP contribution in [0.5, 0.6) is 0 Å². The molecule has 2 aromatic rings. The maximum atomic E-state index is 12.2. The number of nitrogens with zero attached hydrogens (tertiary/aromatic N) is 1. The van der Waals surface area contributed by atoms with Crippen molar-refractivity contribution >= 4 is 11.6 Å². The number of nitrogens with one attached hydrogen (secondary N) is 2. The minimum atomic E-state index is 0.0227. The van der Waals surface area contributed by atoms with Crippen LogP contribution >= 0.6 is 0 Å². The van der Waals surface area contributed by atoms with E-state index in [0.29, 0.717) is 13.1 Å². The zero-order valence-corrected chi connectivity index (χ0v) is 11.4. The lowest BCUT2D eigenvalue weighted by Crippen LogP contribution is -2.39. The zero-order valence-electron chi connectivity index (χ0n) is 11.4. The van der Waals surface area contributed by atoms with Crippen molar-refractivity contribution in [2.45, 2.75) is 13.0 Å². The van der Waals surface area contributed by atoms with Gasteiger partial charge < -0.3 is 15.2 Å². The van der Waals surface area contributed by atoms with Crippen molar-refractivity contribution in [2.24, 2.45) is 5.92 Å². The van der Waals surface area contributed by atoms with Crippen LogP contribution in [0, 0.1) is 5.92 Å². The highest BCUT2D eigenvalue weighted by molar-refractivity contribution is 5.80. The molecule has 0 saturated carbocycles. The number of anilines is 1. The summed E-state index contributed by atoms with van der Waals surface area (Å²) < 4.78 is 2.06. The van der Waals surface area contributed by atoms with Crippen LogP contribution in [-0.2, 0) is 17.8 Å². The maximum absolute atomic E-state index is 12.2. The third kappa shape index (κ3) is 2.85. The molecule has 1 atom stereocenters. The van der Waals surface area contributed by atoms with Gasteiger partial charge in [-0.05, 0) is 30.2 Å². The van der Waals surface area contributed by atoms with Crippen LogP contribution in [0.3, 0.4) is 0 Å². The number of aromatic nitrogens is 1. The van der Waals surface area contributed by atoms with Gasteiger partial charge >= 0.3 is 0 Å². The topological polar surface area (TPSA) is 46.1 Å². The Morgan fingerprint density at radius 3 is 2.90 bits per heavy atom. The van der Waals surface area contributed by atoms with Gasteiger partial charge in [0.25, 0.3) is 0 Å². The normalized spacial score (nSPS) is 17.1. The van der Waals surface area contributed by atoms with Crippen molar-refractivity contribution in [1.82, 2.24) is 9.88 Å². The lowest BCUT2D eigenvalue weighted by Gasteiger charge is -2.25. The summed E-state index contributed by atoms with van der Waals surface area (Å²) in [5.74, 6) is 0.161. The van der Waals surface area contributed by atoms with Crippen LogP contribution in [0.2, 0.25) is 0 Å². The molecule has 0 saturated heterocycles. The monoisotopic (exact) mass is 269 g/mol. The number of benzene rings is 1. The average Bonchev–Trinajstić information content (AvgIpc) is 3.00. The van der Waals surface area contributed by atoms with Crippen molar-refractivity contribution in [3.05, 3.63) is 54.4 Å². The molecular weight excluding hydrogens is 250 g/mol. The molecular formula is C16H19N3O. The third-order valence-electron chi connectivity index (χ3n) is 3.73. The molecule has 1 aliphatic rings. The number of amides is 1. The van der Waals surface area contributed by atoms with Gasteiger partial charge in [-0.15, -0.1) is 0 Å². The minimum Gasteiger partial charge on any atom is -0.384 e. The molecule has 0 bridgehead atoms. The predicted octanol–water partition coefficient (Wildman–Crippen LogP) is 1.89. The maximum Gasteiger partial charge on any atom is 0.225 e. The lowest BCUT2D eigenvalue weighted by atomic mass is 9.93. The van der Waals surface area contributed by atoms with Gasteiger partial charge in [-0.3, -0.25) is 4.79 Å². The van der Waals surface area contributed by atoms with E-state index in [1.54, 1.807) is 0 Å². The van der Waals surface area contributed by atoms with E-state index in [1.165, 1.54) is 5.56 Å². The molecule has 0 aliphatic carbocycles. The van der Waals surface area contributed by atoms with E-state index in [4.69, 9.17) is 0 Å². The Balaban J connectivity index is 1.51. The first-order chi connectivity index (χ1) is 9.83. The smallest absolute Gasteiger partial charge is 0.225 e. The van der Waals surface area contributed by atoms with Crippen molar-refractivity contribution in [2.75, 3.05) is 18.4 Å². The van der Waals surface area contributed by atoms with Crippen molar-refractivity contribution < 1.29 is 4.79 Å². The van der Waals surface area contributed by atoms with Gasteiger partial charge in [0.1, 0.15) is 0 Å². The number of hydrogen-bond donors (Lipinski definition) is 2. The molecule has 2 heterocycles. The van der Waals surface area contributed by atoms with Crippen LogP contribution in [0.25, 0.3) is 0 Å². The number of rotatable bonds is 4. The van der Waals surface area contributed by atoms with E-state index in [0.717, 1.165) is 18.7 Å². The Kier molecular flexibility index (Phi) is 3.72. The molecule has 2 N–H and O–H groups in total. The quantitative estimate of drug-likeness (QED) is 0.890. The van der Waals surface area contributed by atoms with Crippen molar-refractivity contribution in [3.63, 3.8) is 0 Å². The van der Waals surface area contributed by atoms with Gasteiger partial charge in [0.15, 0.2) is 0 Å². The van der Waals surface area contributed by atoms with Crippen LogP contribution in [-0.4, -0.2) is 23.6 Å². The fraction of sp³-hybridized carbons (Fsp3) is 0.312. The molecule has 1 aliphatic heterocycles. The van der Waals surface area contributed by atoms with Gasteiger partial charge in [-0.1, -0.05) is 18.2 Å². The van der Waals surface area contributed by atoms with Crippen molar-refractivity contribution in [1.29, 1.82) is 0 Å². The first-order valence-corrected chi connectivity index (χ1v) is 7.03. The second-order valence-electron chi connectivity index (χ2n) is 5.15. The van der Waals surface area contributed by atoms with Crippen LogP contribution in [0.1, 0.15) is 5.56 Å². The second kappa shape index (κ2) is 5.82. The summed E-state index contributed by atoms with van der Waals surface area (Å²) in [5.41, 5.74) is 2.38. The van der Waals surface area contributed by atoms with Crippen LogP contribution < -0.4 is 10.6 Å². The Morgan fingerprint density at radius 1 is 1.25 bits per heavy atom. The van der Waals surface area contributed by atoms with Gasteiger partial charge in [0, 0.05) is 37.7 Å². The summed E-state index contributed by atoms with van der Waals surface area (Å²) in [7, 11) is 0. The highest BCUT2D eigenvalue weighted by Gasteiger charge is 2.23. The lowest BCUT2D eigenvalue weighted by molar-refractivity contribution is -0.124. The largest absolute Gasteiger partial charge is 0.384 e. The summed E-state index contributed by atoms with van der Waals surface area (Å²) in [6, 6.07) is 12.2. The number of hydrogen-bond acceptors (Lipinski definition) is 2. The predicted molar refractivity (Wildman–Crippen MR) is 79.6 cm³/mol. The zero-order chi connectivity index (χ0) is 13.8. The van der Waals surface area contributed by atoms with E-state index >= 15 is 0 Å². The molecule has 1 aromatic heterocycles. The molecule has 104 valence electrons. The fourth-order valence-corrected chi connectivity index (χ4v) is 2.60. The number of fused-ring (bicyclic) bond motifs is 1. The van der Waals surface area contributed by atoms with Gasteiger partial charge in [0.2, 0.25) is 5.91 Å². The molecule has 20 heavy (non-hydrogen) atoms. The van der Waals surface area contributed by atoms with Gasteiger partial charge in [0.05, 0.1) is 5.92 Å². The van der Waals surface area contributed by atoms with Crippen LogP contribution in [0.15, 0.2) is 48.8 Å². The van der Waals surface area contributed by atoms with E-state index in [-0.39, 0.29) is 11.8 Å². The SMILES string of the molecule is O=C(NCCn1cccc1)C1CNc2ccccc2C1. The van der Waals surface area contributed by atoms with E-state index in [2.05, 4.69) is 27.3 Å². The van der Waals surface area contributed by atoms with Crippen molar-refractivity contribution in [3.8, 4) is 0 Å². The summed E-state index contributed by atoms with van der Waals surface area (Å²) in [6.07, 6.45) is 4.83. The Labute approximate surface area is 118 Å². The van der Waals surface area contributed by atoms with E-state index in [9.17, 15) is 4.79 Å². The minimum absolute atomic E-state index is 0.0227. The van der Waals surface area contributed by atoms with Crippen LogP contribution in [0.4, 0.5) is 5.69 Å². The molecule has 4 nitrogen and oxygen atoms in total. The summed E-state index contributed by atoms with van der Waals surface area (Å²) >= 11 is 0. The molecule has 0 fully saturated rings. The first-order valence-electron chi connectivity index (χ1n) is 7.03. The molecule has 1 unspecified atom stereocenters. The van der Waals surface area contributed by atoms with Gasteiger partial charge in [-0.25, -0.2) is 0 Å². The second-order valence-corrected chi connectivity index (χ2v) is 5.15. The first kappa shape index (κ1) is 12.8. The average molecular weight is 269 g/mol.